The predicted octanol–water partition coefficient (Wildman–Crippen LogP) is 1.57. The minimum absolute atomic E-state index is 0.0308. The van der Waals surface area contributed by atoms with Crippen molar-refractivity contribution in [3.05, 3.63) is 35.9 Å². The van der Waals surface area contributed by atoms with Crippen molar-refractivity contribution in [2.24, 2.45) is 11.7 Å². The maximum Gasteiger partial charge on any atom is 0.243 e. The van der Waals surface area contributed by atoms with Crippen LogP contribution in [-0.4, -0.2) is 37.6 Å². The van der Waals surface area contributed by atoms with Crippen molar-refractivity contribution in [1.29, 1.82) is 0 Å². The Morgan fingerprint density at radius 2 is 2.21 bits per heavy atom. The summed E-state index contributed by atoms with van der Waals surface area (Å²) < 4.78 is 5.44. The fourth-order valence-electron chi connectivity index (χ4n) is 2.47. The molecule has 0 radical (unpaired) electrons. The van der Waals surface area contributed by atoms with Crippen LogP contribution in [0.2, 0.25) is 0 Å². The Labute approximate surface area is 114 Å². The van der Waals surface area contributed by atoms with Gasteiger partial charge in [0.25, 0.3) is 0 Å². The maximum atomic E-state index is 12.3. The Balaban J connectivity index is 1.91. The first-order valence-electron chi connectivity index (χ1n) is 6.81. The molecule has 2 atom stereocenters. The highest BCUT2D eigenvalue weighted by atomic mass is 16.5. The number of benzene rings is 1. The van der Waals surface area contributed by atoms with E-state index in [0.29, 0.717) is 5.92 Å². The van der Waals surface area contributed by atoms with Gasteiger partial charge in [-0.15, -0.1) is 0 Å². The van der Waals surface area contributed by atoms with Gasteiger partial charge in [0.2, 0.25) is 5.91 Å². The van der Waals surface area contributed by atoms with Gasteiger partial charge in [0.05, 0.1) is 6.61 Å². The molecule has 0 bridgehead atoms. The Bertz CT molecular complexity index is 402. The molecule has 4 heteroatoms. The van der Waals surface area contributed by atoms with E-state index < -0.39 is 6.04 Å². The van der Waals surface area contributed by atoms with Crippen LogP contribution < -0.4 is 5.73 Å². The molecule has 2 rings (SSSR count). The van der Waals surface area contributed by atoms with E-state index in [9.17, 15) is 4.79 Å². The van der Waals surface area contributed by atoms with Crippen molar-refractivity contribution >= 4 is 5.91 Å². The van der Waals surface area contributed by atoms with Gasteiger partial charge in [0.15, 0.2) is 0 Å². The van der Waals surface area contributed by atoms with E-state index in [-0.39, 0.29) is 5.91 Å². The first kappa shape index (κ1) is 14.0. The number of hydrogen-bond donors (Lipinski definition) is 1. The van der Waals surface area contributed by atoms with E-state index in [2.05, 4.69) is 0 Å². The zero-order valence-corrected chi connectivity index (χ0v) is 11.4. The van der Waals surface area contributed by atoms with Gasteiger partial charge in [0.1, 0.15) is 6.04 Å². The van der Waals surface area contributed by atoms with Gasteiger partial charge in [-0.3, -0.25) is 4.79 Å². The van der Waals surface area contributed by atoms with Crippen LogP contribution in [0.5, 0.6) is 0 Å². The Morgan fingerprint density at radius 3 is 2.84 bits per heavy atom. The van der Waals surface area contributed by atoms with Gasteiger partial charge in [-0.1, -0.05) is 30.3 Å². The SMILES string of the molecule is CN(CC1CCCOC1)C(=O)[C@H](N)c1ccccc1. The molecule has 0 spiro atoms. The maximum absolute atomic E-state index is 12.3. The van der Waals surface area contributed by atoms with E-state index in [1.54, 1.807) is 4.90 Å². The van der Waals surface area contributed by atoms with Crippen LogP contribution in [0.15, 0.2) is 30.3 Å². The molecule has 1 amide bonds. The highest BCUT2D eigenvalue weighted by molar-refractivity contribution is 5.82. The molecule has 1 aliphatic rings. The summed E-state index contributed by atoms with van der Waals surface area (Å²) in [5.41, 5.74) is 6.88. The molecule has 1 fully saturated rings. The normalized spacial score (nSPS) is 20.8. The topological polar surface area (TPSA) is 55.6 Å². The first-order chi connectivity index (χ1) is 9.18. The lowest BCUT2D eigenvalue weighted by molar-refractivity contribution is -0.132. The molecular formula is C15H22N2O2. The number of ether oxygens (including phenoxy) is 1. The van der Waals surface area contributed by atoms with Gasteiger partial charge in [-0.25, -0.2) is 0 Å². The molecule has 0 saturated carbocycles. The molecule has 1 aliphatic heterocycles. The summed E-state index contributed by atoms with van der Waals surface area (Å²) in [6.45, 7) is 2.31. The molecule has 1 aromatic rings. The fraction of sp³-hybridized carbons (Fsp3) is 0.533. The standard InChI is InChI=1S/C15H22N2O2/c1-17(10-12-6-5-9-19-11-12)15(18)14(16)13-7-3-2-4-8-13/h2-4,7-8,12,14H,5-6,9-11,16H2,1H3/t12?,14-/m1/s1. The van der Waals surface area contributed by atoms with Crippen LogP contribution in [-0.2, 0) is 9.53 Å². The Hall–Kier alpha value is -1.39. The van der Waals surface area contributed by atoms with Crippen molar-refractivity contribution in [1.82, 2.24) is 4.90 Å². The second-order valence-electron chi connectivity index (χ2n) is 5.19. The molecule has 1 aromatic carbocycles. The van der Waals surface area contributed by atoms with Crippen molar-refractivity contribution in [2.45, 2.75) is 18.9 Å². The lowest BCUT2D eigenvalue weighted by atomic mass is 10.0. The van der Waals surface area contributed by atoms with Gasteiger partial charge in [-0.05, 0) is 24.3 Å². The third-order valence-corrected chi connectivity index (χ3v) is 3.59. The molecule has 4 nitrogen and oxygen atoms in total. The number of likely N-dealkylation sites (N-methyl/N-ethyl adjacent to an activating group) is 1. The second kappa shape index (κ2) is 6.68. The fourth-order valence-corrected chi connectivity index (χ4v) is 2.47. The largest absolute Gasteiger partial charge is 0.381 e. The van der Waals surface area contributed by atoms with Gasteiger partial charge >= 0.3 is 0 Å². The molecule has 1 saturated heterocycles. The zero-order valence-electron chi connectivity index (χ0n) is 11.4. The van der Waals surface area contributed by atoms with E-state index in [0.717, 1.165) is 38.2 Å². The lowest BCUT2D eigenvalue weighted by Gasteiger charge is -2.28. The van der Waals surface area contributed by atoms with Gasteiger partial charge in [-0.2, -0.15) is 0 Å². The number of carbonyl (C=O) groups is 1. The number of nitrogens with two attached hydrogens (primary N) is 1. The Morgan fingerprint density at radius 1 is 1.47 bits per heavy atom. The predicted molar refractivity (Wildman–Crippen MR) is 74.6 cm³/mol. The highest BCUT2D eigenvalue weighted by Gasteiger charge is 2.23. The van der Waals surface area contributed by atoms with Crippen LogP contribution >= 0.6 is 0 Å². The van der Waals surface area contributed by atoms with E-state index >= 15 is 0 Å². The monoisotopic (exact) mass is 262 g/mol. The summed E-state index contributed by atoms with van der Waals surface area (Å²) in [4.78, 5) is 14.0. The van der Waals surface area contributed by atoms with Crippen molar-refractivity contribution in [3.63, 3.8) is 0 Å². The quantitative estimate of drug-likeness (QED) is 0.896. The third-order valence-electron chi connectivity index (χ3n) is 3.59. The summed E-state index contributed by atoms with van der Waals surface area (Å²) >= 11 is 0. The van der Waals surface area contributed by atoms with Crippen LogP contribution in [0.1, 0.15) is 24.4 Å². The van der Waals surface area contributed by atoms with Gasteiger partial charge < -0.3 is 15.4 Å². The van der Waals surface area contributed by atoms with Crippen LogP contribution in [0, 0.1) is 5.92 Å². The third kappa shape index (κ3) is 3.78. The van der Waals surface area contributed by atoms with E-state index in [1.807, 2.05) is 37.4 Å². The molecule has 0 aromatic heterocycles. The second-order valence-corrected chi connectivity index (χ2v) is 5.19. The molecule has 1 heterocycles. The summed E-state index contributed by atoms with van der Waals surface area (Å²) in [7, 11) is 1.82. The summed E-state index contributed by atoms with van der Waals surface area (Å²) in [5, 5.41) is 0. The molecule has 19 heavy (non-hydrogen) atoms. The van der Waals surface area contributed by atoms with Crippen molar-refractivity contribution in [2.75, 3.05) is 26.8 Å². The number of nitrogens with zero attached hydrogens (tertiary/aromatic N) is 1. The number of hydrogen-bond acceptors (Lipinski definition) is 3. The minimum atomic E-state index is -0.573. The molecular weight excluding hydrogens is 240 g/mol. The number of carbonyl (C=O) groups excluding carboxylic acids is 1. The smallest absolute Gasteiger partial charge is 0.243 e. The zero-order chi connectivity index (χ0) is 13.7. The molecule has 1 unspecified atom stereocenters. The molecule has 0 aliphatic carbocycles. The number of amides is 1. The average Bonchev–Trinajstić information content (AvgIpc) is 2.47. The lowest BCUT2D eigenvalue weighted by Crippen LogP contribution is -2.40. The van der Waals surface area contributed by atoms with Crippen LogP contribution in [0.4, 0.5) is 0 Å². The van der Waals surface area contributed by atoms with Crippen LogP contribution in [0.3, 0.4) is 0 Å². The Kier molecular flexibility index (Phi) is 4.93. The first-order valence-corrected chi connectivity index (χ1v) is 6.81. The summed E-state index contributed by atoms with van der Waals surface area (Å²) in [6, 6.07) is 8.93. The van der Waals surface area contributed by atoms with Crippen molar-refractivity contribution in [3.8, 4) is 0 Å². The van der Waals surface area contributed by atoms with E-state index in [1.165, 1.54) is 0 Å². The highest BCUT2D eigenvalue weighted by Crippen LogP contribution is 2.17. The summed E-state index contributed by atoms with van der Waals surface area (Å²) in [6.07, 6.45) is 2.20. The van der Waals surface area contributed by atoms with Crippen molar-refractivity contribution < 1.29 is 9.53 Å². The van der Waals surface area contributed by atoms with Gasteiger partial charge in [0, 0.05) is 20.2 Å². The summed E-state index contributed by atoms with van der Waals surface area (Å²) in [5.74, 6) is 0.405. The van der Waals surface area contributed by atoms with E-state index in [4.69, 9.17) is 10.5 Å². The molecule has 2 N–H and O–H groups in total. The molecule has 104 valence electrons. The average molecular weight is 262 g/mol. The van der Waals surface area contributed by atoms with Crippen LogP contribution in [0.25, 0.3) is 0 Å². The number of rotatable bonds is 4. The minimum Gasteiger partial charge on any atom is -0.381 e.